The molecular weight excluding hydrogens is 232 g/mol. The number of carbonyl (C=O) groups is 2. The van der Waals surface area contributed by atoms with Crippen molar-refractivity contribution >= 4 is 11.8 Å². The van der Waals surface area contributed by atoms with Gasteiger partial charge in [-0.25, -0.2) is 0 Å². The first-order valence-electron chi connectivity index (χ1n) is 6.69. The number of carbonyl (C=O) groups excluding carboxylic acids is 2. The fourth-order valence-electron chi connectivity index (χ4n) is 2.33. The summed E-state index contributed by atoms with van der Waals surface area (Å²) in [5, 5.41) is 9.11. The van der Waals surface area contributed by atoms with Gasteiger partial charge in [0.1, 0.15) is 0 Å². The molecule has 102 valence electrons. The Morgan fingerprint density at radius 3 is 2.56 bits per heavy atom. The number of amides is 2. The lowest BCUT2D eigenvalue weighted by atomic mass is 10.1. The summed E-state index contributed by atoms with van der Waals surface area (Å²) in [4.78, 5) is 25.4. The Morgan fingerprint density at radius 1 is 1.22 bits per heavy atom. The molecule has 0 aromatic rings. The van der Waals surface area contributed by atoms with Crippen LogP contribution in [-0.4, -0.2) is 61.5 Å². The summed E-state index contributed by atoms with van der Waals surface area (Å²) in [5.74, 6) is -0.0695. The highest BCUT2D eigenvalue weighted by Gasteiger charge is 2.24. The maximum Gasteiger partial charge on any atom is 0.241 e. The van der Waals surface area contributed by atoms with Gasteiger partial charge in [0.2, 0.25) is 11.8 Å². The van der Waals surface area contributed by atoms with Crippen molar-refractivity contribution in [2.24, 2.45) is 0 Å². The van der Waals surface area contributed by atoms with Crippen LogP contribution in [0.3, 0.4) is 0 Å². The summed E-state index contributed by atoms with van der Waals surface area (Å²) in [7, 11) is 0. The van der Waals surface area contributed by atoms with Gasteiger partial charge < -0.3 is 20.9 Å². The molecule has 2 atom stereocenters. The van der Waals surface area contributed by atoms with Crippen LogP contribution in [0.2, 0.25) is 0 Å². The Hall–Kier alpha value is -1.14. The second-order valence-electron chi connectivity index (χ2n) is 5.08. The normalized spacial score (nSPS) is 28.2. The largest absolute Gasteiger partial charge is 0.346 e. The monoisotopic (exact) mass is 254 g/mol. The van der Waals surface area contributed by atoms with E-state index in [0.717, 1.165) is 32.5 Å². The fourth-order valence-corrected chi connectivity index (χ4v) is 2.33. The summed E-state index contributed by atoms with van der Waals surface area (Å²) in [6.45, 7) is 5.23. The molecule has 2 unspecified atom stereocenters. The highest BCUT2D eigenvalue weighted by Crippen LogP contribution is 2.06. The third-order valence-electron chi connectivity index (χ3n) is 3.53. The molecule has 2 amide bonds. The average molecular weight is 254 g/mol. The highest BCUT2D eigenvalue weighted by atomic mass is 16.2. The molecule has 0 aliphatic carbocycles. The minimum Gasteiger partial charge on any atom is -0.346 e. The van der Waals surface area contributed by atoms with Crippen molar-refractivity contribution in [3.05, 3.63) is 0 Å². The van der Waals surface area contributed by atoms with Gasteiger partial charge in [-0.05, 0) is 19.8 Å². The van der Waals surface area contributed by atoms with E-state index in [2.05, 4.69) is 22.9 Å². The molecule has 2 saturated heterocycles. The van der Waals surface area contributed by atoms with Gasteiger partial charge >= 0.3 is 0 Å². The number of hydrogen-bond donors (Lipinski definition) is 3. The van der Waals surface area contributed by atoms with Crippen molar-refractivity contribution in [2.45, 2.75) is 31.8 Å². The number of rotatable bonds is 3. The third-order valence-corrected chi connectivity index (χ3v) is 3.53. The summed E-state index contributed by atoms with van der Waals surface area (Å²) in [6, 6.07) is 0.160. The molecule has 0 bridgehead atoms. The number of piperazine rings is 1. The fraction of sp³-hybridized carbons (Fsp3) is 0.833. The predicted octanol–water partition coefficient (Wildman–Crippen LogP) is -1.33. The van der Waals surface area contributed by atoms with E-state index in [1.165, 1.54) is 0 Å². The lowest BCUT2D eigenvalue weighted by Crippen LogP contribution is -2.59. The smallest absolute Gasteiger partial charge is 0.241 e. The Labute approximate surface area is 107 Å². The first kappa shape index (κ1) is 13.3. The van der Waals surface area contributed by atoms with Crippen molar-refractivity contribution < 1.29 is 9.59 Å². The Morgan fingerprint density at radius 2 is 1.94 bits per heavy atom. The Balaban J connectivity index is 1.69. The second kappa shape index (κ2) is 6.15. The van der Waals surface area contributed by atoms with Crippen molar-refractivity contribution in [1.82, 2.24) is 20.9 Å². The molecule has 0 radical (unpaired) electrons. The van der Waals surface area contributed by atoms with Crippen LogP contribution in [0.15, 0.2) is 0 Å². The van der Waals surface area contributed by atoms with Gasteiger partial charge in [0, 0.05) is 32.2 Å². The summed E-state index contributed by atoms with van der Waals surface area (Å²) >= 11 is 0. The van der Waals surface area contributed by atoms with E-state index in [1.54, 1.807) is 0 Å². The topological polar surface area (TPSA) is 73.5 Å². The van der Waals surface area contributed by atoms with E-state index in [9.17, 15) is 9.59 Å². The molecule has 0 aromatic heterocycles. The van der Waals surface area contributed by atoms with Gasteiger partial charge in [0.15, 0.2) is 0 Å². The maximum absolute atomic E-state index is 11.8. The zero-order chi connectivity index (χ0) is 13.0. The van der Waals surface area contributed by atoms with Crippen molar-refractivity contribution in [1.29, 1.82) is 0 Å². The summed E-state index contributed by atoms with van der Waals surface area (Å²) < 4.78 is 0. The van der Waals surface area contributed by atoms with E-state index in [0.29, 0.717) is 12.6 Å². The molecule has 6 heteroatoms. The number of nitrogens with one attached hydrogen (secondary N) is 3. The first-order chi connectivity index (χ1) is 8.66. The molecule has 2 aliphatic heterocycles. The van der Waals surface area contributed by atoms with Crippen molar-refractivity contribution in [2.75, 3.05) is 32.7 Å². The standard InChI is InChI=1S/C12H22N4O2/c1-9-6-14-10(7-13-9)12(18)15-8-11(17)16-4-2-3-5-16/h9-10,13-14H,2-8H2,1H3,(H,15,18). The van der Waals surface area contributed by atoms with E-state index >= 15 is 0 Å². The average Bonchev–Trinajstić information content (AvgIpc) is 2.90. The lowest BCUT2D eigenvalue weighted by molar-refractivity contribution is -0.132. The molecule has 2 heterocycles. The molecule has 3 N–H and O–H groups in total. The number of hydrogen-bond acceptors (Lipinski definition) is 4. The zero-order valence-electron chi connectivity index (χ0n) is 10.9. The van der Waals surface area contributed by atoms with E-state index in [1.807, 2.05) is 4.90 Å². The molecule has 6 nitrogen and oxygen atoms in total. The maximum atomic E-state index is 11.8. The van der Waals surface area contributed by atoms with Crippen LogP contribution in [0.5, 0.6) is 0 Å². The van der Waals surface area contributed by atoms with Crippen LogP contribution in [0.25, 0.3) is 0 Å². The van der Waals surface area contributed by atoms with Gasteiger partial charge in [-0.3, -0.25) is 9.59 Å². The van der Waals surface area contributed by atoms with Crippen LogP contribution in [0, 0.1) is 0 Å². The lowest BCUT2D eigenvalue weighted by Gasteiger charge is -2.28. The first-order valence-corrected chi connectivity index (χ1v) is 6.69. The zero-order valence-corrected chi connectivity index (χ0v) is 10.9. The van der Waals surface area contributed by atoms with Gasteiger partial charge in [0.25, 0.3) is 0 Å². The van der Waals surface area contributed by atoms with Crippen LogP contribution in [-0.2, 0) is 9.59 Å². The van der Waals surface area contributed by atoms with Crippen LogP contribution in [0.1, 0.15) is 19.8 Å². The van der Waals surface area contributed by atoms with Crippen LogP contribution >= 0.6 is 0 Å². The quantitative estimate of drug-likeness (QED) is 0.584. The van der Waals surface area contributed by atoms with Gasteiger partial charge in [0.05, 0.1) is 12.6 Å². The van der Waals surface area contributed by atoms with E-state index in [-0.39, 0.29) is 24.4 Å². The Bertz CT molecular complexity index is 307. The van der Waals surface area contributed by atoms with E-state index in [4.69, 9.17) is 0 Å². The van der Waals surface area contributed by atoms with Gasteiger partial charge in [-0.15, -0.1) is 0 Å². The van der Waals surface area contributed by atoms with Gasteiger partial charge in [-0.1, -0.05) is 0 Å². The number of nitrogens with zero attached hydrogens (tertiary/aromatic N) is 1. The van der Waals surface area contributed by atoms with Crippen molar-refractivity contribution in [3.8, 4) is 0 Å². The minimum atomic E-state index is -0.229. The summed E-state index contributed by atoms with van der Waals surface area (Å²) in [5.41, 5.74) is 0. The molecular formula is C12H22N4O2. The molecule has 0 aromatic carbocycles. The Kier molecular flexibility index (Phi) is 4.54. The van der Waals surface area contributed by atoms with Gasteiger partial charge in [-0.2, -0.15) is 0 Å². The molecule has 0 spiro atoms. The van der Waals surface area contributed by atoms with E-state index < -0.39 is 0 Å². The molecule has 2 fully saturated rings. The predicted molar refractivity (Wildman–Crippen MR) is 68.1 cm³/mol. The molecule has 18 heavy (non-hydrogen) atoms. The van der Waals surface area contributed by atoms with Crippen LogP contribution in [0.4, 0.5) is 0 Å². The van der Waals surface area contributed by atoms with Crippen molar-refractivity contribution in [3.63, 3.8) is 0 Å². The number of likely N-dealkylation sites (tertiary alicyclic amines) is 1. The summed E-state index contributed by atoms with van der Waals surface area (Å²) in [6.07, 6.45) is 2.15. The highest BCUT2D eigenvalue weighted by molar-refractivity contribution is 5.87. The minimum absolute atomic E-state index is 0.0259. The molecule has 2 rings (SSSR count). The molecule has 0 saturated carbocycles. The second-order valence-corrected chi connectivity index (χ2v) is 5.08. The van der Waals surface area contributed by atoms with Crippen LogP contribution < -0.4 is 16.0 Å². The SMILES string of the molecule is CC1CNC(C(=O)NCC(=O)N2CCCC2)CN1. The third kappa shape index (κ3) is 3.43. The molecule has 2 aliphatic rings.